The topological polar surface area (TPSA) is 74.6 Å². The first-order chi connectivity index (χ1) is 13.0. The van der Waals surface area contributed by atoms with Gasteiger partial charge in [0.15, 0.2) is 11.6 Å². The van der Waals surface area contributed by atoms with Gasteiger partial charge in [0.2, 0.25) is 0 Å². The monoisotopic (exact) mass is 426 g/mol. The molecule has 0 aromatic carbocycles. The lowest BCUT2D eigenvalue weighted by molar-refractivity contribution is -0.167. The third-order valence-electron chi connectivity index (χ3n) is 8.75. The molecule has 0 heterocycles. The predicted molar refractivity (Wildman–Crippen MR) is 108 cm³/mol. The number of carbonyl (C=O) groups is 2. The molecule has 3 saturated carbocycles. The minimum Gasteiger partial charge on any atom is -0.388 e. The molecule has 0 amide bonds. The van der Waals surface area contributed by atoms with Crippen LogP contribution >= 0.6 is 23.2 Å². The number of ketones is 2. The molecule has 4 aliphatic carbocycles. The minimum atomic E-state index is -1.60. The maximum absolute atomic E-state index is 12.6. The van der Waals surface area contributed by atoms with Crippen molar-refractivity contribution < 1.29 is 19.8 Å². The third-order valence-corrected chi connectivity index (χ3v) is 10.3. The van der Waals surface area contributed by atoms with E-state index in [1.165, 1.54) is 0 Å². The average Bonchev–Trinajstić information content (AvgIpc) is 2.84. The van der Waals surface area contributed by atoms with Gasteiger partial charge in [-0.05, 0) is 55.6 Å². The molecule has 154 valence electrons. The smallest absolute Gasteiger partial charge is 0.190 e. The highest BCUT2D eigenvalue weighted by Gasteiger charge is 2.74. The number of hydrogen-bond acceptors (Lipinski definition) is 4. The molecule has 8 atom stereocenters. The number of aliphatic hydroxyl groups is 2. The van der Waals surface area contributed by atoms with Crippen LogP contribution in [0.15, 0.2) is 23.8 Å². The molecule has 6 heteroatoms. The van der Waals surface area contributed by atoms with Crippen molar-refractivity contribution in [2.24, 2.45) is 28.6 Å². The van der Waals surface area contributed by atoms with Gasteiger partial charge >= 0.3 is 0 Å². The fraction of sp³-hybridized carbons (Fsp3) is 0.727. The Morgan fingerprint density at radius 2 is 2.00 bits per heavy atom. The molecule has 0 unspecified atom stereocenters. The molecular weight excluding hydrogens is 399 g/mol. The molecule has 4 aliphatic rings. The molecular formula is C22H28Cl2O4. The van der Waals surface area contributed by atoms with Gasteiger partial charge < -0.3 is 10.2 Å². The maximum atomic E-state index is 12.6. The number of rotatable bonds is 2. The van der Waals surface area contributed by atoms with Crippen molar-refractivity contribution in [3.05, 3.63) is 23.8 Å². The van der Waals surface area contributed by atoms with E-state index in [2.05, 4.69) is 6.92 Å². The number of Topliss-reactive ketones (excluding diaryl/α,β-unsaturated/α-hetero) is 1. The number of fused-ring (bicyclic) bond motifs is 5. The zero-order chi connectivity index (χ0) is 20.7. The second-order valence-electron chi connectivity index (χ2n) is 9.70. The highest BCUT2D eigenvalue weighted by Crippen LogP contribution is 2.72. The summed E-state index contributed by atoms with van der Waals surface area (Å²) in [5.41, 5.74) is -1.86. The Hall–Kier alpha value is -0.680. The van der Waals surface area contributed by atoms with Crippen molar-refractivity contribution in [1.82, 2.24) is 0 Å². The van der Waals surface area contributed by atoms with Crippen LogP contribution in [-0.4, -0.2) is 44.2 Å². The average molecular weight is 427 g/mol. The summed E-state index contributed by atoms with van der Waals surface area (Å²) in [6, 6.07) is 0. The Bertz CT molecular complexity index is 806. The predicted octanol–water partition coefficient (Wildman–Crippen LogP) is 3.41. The van der Waals surface area contributed by atoms with Crippen LogP contribution in [0, 0.1) is 28.6 Å². The van der Waals surface area contributed by atoms with Gasteiger partial charge in [-0.15, -0.1) is 23.2 Å². The fourth-order valence-corrected chi connectivity index (χ4v) is 8.43. The van der Waals surface area contributed by atoms with Crippen LogP contribution < -0.4 is 0 Å². The highest BCUT2D eigenvalue weighted by molar-refractivity contribution is 6.34. The quantitative estimate of drug-likeness (QED) is 0.663. The van der Waals surface area contributed by atoms with Crippen LogP contribution in [-0.2, 0) is 9.59 Å². The molecule has 0 radical (unpaired) electrons. The number of alkyl halides is 2. The summed E-state index contributed by atoms with van der Waals surface area (Å²) in [6.45, 7) is 5.20. The normalized spacial score (nSPS) is 52.5. The summed E-state index contributed by atoms with van der Waals surface area (Å²) in [6.07, 6.45) is 7.76. The lowest BCUT2D eigenvalue weighted by atomic mass is 9.46. The van der Waals surface area contributed by atoms with Crippen molar-refractivity contribution in [2.75, 3.05) is 6.61 Å². The van der Waals surface area contributed by atoms with E-state index in [1.54, 1.807) is 12.2 Å². The summed E-state index contributed by atoms with van der Waals surface area (Å²) in [7, 11) is 0. The SMILES string of the molecule is C[C@H]1C[C@H]2[C@@H]3CCC4=CC(=O)C=C[C@]4(C)[C@@]3(Cl)[C@H](Cl)C[C@]2(C)[C@]1(O)C(=O)CO. The fourth-order valence-electron chi connectivity index (χ4n) is 7.20. The van der Waals surface area contributed by atoms with Crippen LogP contribution in [0.2, 0.25) is 0 Å². The van der Waals surface area contributed by atoms with E-state index < -0.39 is 39.1 Å². The number of hydrogen-bond donors (Lipinski definition) is 2. The molecule has 4 nitrogen and oxygen atoms in total. The molecule has 2 N–H and O–H groups in total. The second kappa shape index (κ2) is 6.16. The molecule has 3 fully saturated rings. The van der Waals surface area contributed by atoms with E-state index in [-0.39, 0.29) is 23.5 Å². The first-order valence-electron chi connectivity index (χ1n) is 10.1. The van der Waals surface area contributed by atoms with Gasteiger partial charge in [0.05, 0.1) is 10.3 Å². The van der Waals surface area contributed by atoms with E-state index in [1.807, 2.05) is 19.9 Å². The molecule has 4 rings (SSSR count). The third kappa shape index (κ3) is 2.16. The highest BCUT2D eigenvalue weighted by atomic mass is 35.5. The van der Waals surface area contributed by atoms with E-state index in [9.17, 15) is 19.8 Å². The summed E-state index contributed by atoms with van der Waals surface area (Å²) in [5.74, 6) is -0.811. The van der Waals surface area contributed by atoms with Crippen LogP contribution in [0.3, 0.4) is 0 Å². The second-order valence-corrected chi connectivity index (χ2v) is 10.9. The summed E-state index contributed by atoms with van der Waals surface area (Å²) in [4.78, 5) is 23.8. The van der Waals surface area contributed by atoms with Gasteiger partial charge in [-0.1, -0.05) is 32.4 Å². The van der Waals surface area contributed by atoms with Crippen molar-refractivity contribution in [3.63, 3.8) is 0 Å². The van der Waals surface area contributed by atoms with Crippen molar-refractivity contribution in [1.29, 1.82) is 0 Å². The minimum absolute atomic E-state index is 0.00149. The van der Waals surface area contributed by atoms with E-state index in [0.29, 0.717) is 12.8 Å². The van der Waals surface area contributed by atoms with Crippen molar-refractivity contribution >= 4 is 34.8 Å². The standard InChI is InChI=1S/C22H28Cl2O4/c1-12-8-16-15-5-4-13-9-14(26)6-7-19(13,2)21(15,24)17(23)10-20(16,3)22(12,28)18(27)11-25/h6-7,9,12,15-17,25,28H,4-5,8,10-11H2,1-3H3/t12-,15-,16-,17+,19-,20-,21-,22+/m0/s1. The Morgan fingerprint density at radius 1 is 1.32 bits per heavy atom. The van der Waals surface area contributed by atoms with Crippen LogP contribution in [0.5, 0.6) is 0 Å². The molecule has 28 heavy (non-hydrogen) atoms. The first-order valence-corrected chi connectivity index (χ1v) is 10.9. The van der Waals surface area contributed by atoms with E-state index in [0.717, 1.165) is 18.4 Å². The maximum Gasteiger partial charge on any atom is 0.190 e. The van der Waals surface area contributed by atoms with Crippen LogP contribution in [0.25, 0.3) is 0 Å². The molecule has 0 aromatic heterocycles. The molecule has 0 bridgehead atoms. The lowest BCUT2D eigenvalue weighted by Gasteiger charge is -2.63. The lowest BCUT2D eigenvalue weighted by Crippen LogP contribution is -2.67. The summed E-state index contributed by atoms with van der Waals surface area (Å²) in [5, 5.41) is 20.6. The molecule has 0 saturated heterocycles. The van der Waals surface area contributed by atoms with Crippen LogP contribution in [0.1, 0.15) is 46.5 Å². The van der Waals surface area contributed by atoms with Gasteiger partial charge in [-0.3, -0.25) is 9.59 Å². The van der Waals surface area contributed by atoms with E-state index in [4.69, 9.17) is 23.2 Å². The molecule has 0 aromatic rings. The zero-order valence-corrected chi connectivity index (χ0v) is 18.1. The van der Waals surface area contributed by atoms with E-state index >= 15 is 0 Å². The van der Waals surface area contributed by atoms with Gasteiger partial charge in [0.1, 0.15) is 12.2 Å². The van der Waals surface area contributed by atoms with Crippen molar-refractivity contribution in [2.45, 2.75) is 62.3 Å². The van der Waals surface area contributed by atoms with Crippen LogP contribution in [0.4, 0.5) is 0 Å². The zero-order valence-electron chi connectivity index (χ0n) is 16.5. The largest absolute Gasteiger partial charge is 0.388 e. The Labute approximate surface area is 176 Å². The van der Waals surface area contributed by atoms with Crippen molar-refractivity contribution in [3.8, 4) is 0 Å². The Balaban J connectivity index is 1.84. The Kier molecular flexibility index (Phi) is 4.53. The Morgan fingerprint density at radius 3 is 2.64 bits per heavy atom. The van der Waals surface area contributed by atoms with Gasteiger partial charge in [0, 0.05) is 10.8 Å². The number of aliphatic hydroxyl groups excluding tert-OH is 1. The van der Waals surface area contributed by atoms with Gasteiger partial charge in [0.25, 0.3) is 0 Å². The van der Waals surface area contributed by atoms with Gasteiger partial charge in [-0.2, -0.15) is 0 Å². The molecule has 0 aliphatic heterocycles. The summed E-state index contributed by atoms with van der Waals surface area (Å²) < 4.78 is 0. The van der Waals surface area contributed by atoms with Gasteiger partial charge in [-0.25, -0.2) is 0 Å². The number of allylic oxidation sites excluding steroid dienone is 4. The molecule has 0 spiro atoms. The number of carbonyl (C=O) groups excluding carboxylic acids is 2. The number of halogens is 2. The summed E-state index contributed by atoms with van der Waals surface area (Å²) >= 11 is 14.4. The first kappa shape index (κ1) is 20.6.